The third-order valence-corrected chi connectivity index (χ3v) is 2.70. The molecule has 0 bridgehead atoms. The zero-order chi connectivity index (χ0) is 12.2. The lowest BCUT2D eigenvalue weighted by Gasteiger charge is -2.16. The fourth-order valence-electron chi connectivity index (χ4n) is 0.875. The Hall–Kier alpha value is -1.31. The molecule has 1 aromatic heterocycles. The maximum Gasteiger partial charge on any atom is 0.401 e. The number of aromatic nitrogens is 2. The molecule has 1 heterocycles. The number of aliphatic carboxylic acids is 1. The first kappa shape index (κ1) is 12.8. The molecular formula is C8H7F3N2O2S. The minimum absolute atomic E-state index is 0.0473. The zero-order valence-electron chi connectivity index (χ0n) is 7.81. The Kier molecular flexibility index (Phi) is 4.11. The molecule has 0 fully saturated rings. The first-order valence-corrected chi connectivity index (χ1v) is 4.98. The van der Waals surface area contributed by atoms with Crippen LogP contribution in [0.5, 0.6) is 0 Å². The molecule has 0 aliphatic carbocycles. The van der Waals surface area contributed by atoms with E-state index in [1.807, 2.05) is 0 Å². The number of carboxylic acids is 1. The topological polar surface area (TPSA) is 63.1 Å². The van der Waals surface area contributed by atoms with Crippen molar-refractivity contribution in [1.29, 1.82) is 0 Å². The Morgan fingerprint density at radius 3 is 2.62 bits per heavy atom. The molecule has 0 saturated carbocycles. The van der Waals surface area contributed by atoms with Gasteiger partial charge >= 0.3 is 12.1 Å². The predicted octanol–water partition coefficient (Wildman–Crippen LogP) is 1.97. The Bertz CT molecular complexity index is 358. The van der Waals surface area contributed by atoms with E-state index < -0.39 is 23.8 Å². The normalized spacial score (nSPS) is 13.4. The number of hydrogen-bond donors (Lipinski definition) is 1. The molecule has 8 heteroatoms. The second-order valence-corrected chi connectivity index (χ2v) is 4.01. The second-order valence-electron chi connectivity index (χ2n) is 2.79. The number of rotatable bonds is 4. The lowest BCUT2D eigenvalue weighted by Crippen LogP contribution is -2.28. The average Bonchev–Trinajstić information content (AvgIpc) is 2.16. The minimum atomic E-state index is -4.58. The van der Waals surface area contributed by atoms with Crippen LogP contribution < -0.4 is 0 Å². The molecule has 88 valence electrons. The number of nitrogens with zero attached hydrogens (tertiary/aromatic N) is 2. The smallest absolute Gasteiger partial charge is 0.401 e. The third-order valence-electron chi connectivity index (χ3n) is 1.53. The molecule has 0 amide bonds. The van der Waals surface area contributed by atoms with E-state index in [2.05, 4.69) is 9.97 Å². The number of hydrogen-bond acceptors (Lipinski definition) is 4. The molecule has 0 aromatic carbocycles. The van der Waals surface area contributed by atoms with Crippen molar-refractivity contribution in [1.82, 2.24) is 9.97 Å². The summed E-state index contributed by atoms with van der Waals surface area (Å²) in [6, 6.07) is 0. The van der Waals surface area contributed by atoms with Crippen LogP contribution in [0.2, 0.25) is 0 Å². The monoisotopic (exact) mass is 252 g/mol. The van der Waals surface area contributed by atoms with Gasteiger partial charge in [0, 0.05) is 12.4 Å². The first-order chi connectivity index (χ1) is 7.39. The summed E-state index contributed by atoms with van der Waals surface area (Å²) in [6.07, 6.45) is -1.85. The van der Waals surface area contributed by atoms with Crippen LogP contribution in [0.15, 0.2) is 23.6 Å². The van der Waals surface area contributed by atoms with Crippen LogP contribution in [0.4, 0.5) is 13.2 Å². The van der Waals surface area contributed by atoms with Gasteiger partial charge in [-0.25, -0.2) is 4.98 Å². The van der Waals surface area contributed by atoms with Gasteiger partial charge in [0.05, 0.1) is 12.6 Å². The summed E-state index contributed by atoms with van der Waals surface area (Å²) in [7, 11) is 0. The number of carboxylic acid groups (broad SMARTS) is 1. The maximum atomic E-state index is 12.4. The third kappa shape index (κ3) is 4.05. The van der Waals surface area contributed by atoms with E-state index in [4.69, 9.17) is 5.11 Å². The van der Waals surface area contributed by atoms with E-state index in [0.29, 0.717) is 11.8 Å². The number of carbonyl (C=O) groups is 1. The van der Waals surface area contributed by atoms with Crippen LogP contribution >= 0.6 is 11.8 Å². The van der Waals surface area contributed by atoms with Crippen LogP contribution in [0.3, 0.4) is 0 Å². The van der Waals surface area contributed by atoms with Crippen molar-refractivity contribution >= 4 is 17.7 Å². The highest BCUT2D eigenvalue weighted by Gasteiger charge is 2.42. The van der Waals surface area contributed by atoms with E-state index in [1.54, 1.807) is 0 Å². The molecule has 0 aliphatic rings. The fourth-order valence-corrected chi connectivity index (χ4v) is 1.77. The molecule has 1 aromatic rings. The molecule has 0 aliphatic heterocycles. The van der Waals surface area contributed by atoms with Gasteiger partial charge in [-0.15, -0.1) is 0 Å². The van der Waals surface area contributed by atoms with E-state index in [1.165, 1.54) is 12.4 Å². The standard InChI is InChI=1S/C8H7F3N2O2S/c9-8(10,11)5(3-7(14)15)16-6-4-12-1-2-13-6/h1-2,4-5H,3H2,(H,14,15). The summed E-state index contributed by atoms with van der Waals surface area (Å²) in [5.74, 6) is -1.50. The molecule has 1 unspecified atom stereocenters. The van der Waals surface area contributed by atoms with Crippen molar-refractivity contribution < 1.29 is 23.1 Å². The predicted molar refractivity (Wildman–Crippen MR) is 50.0 cm³/mol. The summed E-state index contributed by atoms with van der Waals surface area (Å²) in [5, 5.41) is 6.41. The molecule has 1 rings (SSSR count). The van der Waals surface area contributed by atoms with E-state index in [-0.39, 0.29) is 5.03 Å². The lowest BCUT2D eigenvalue weighted by atomic mass is 10.3. The highest BCUT2D eigenvalue weighted by Crippen LogP contribution is 2.35. The van der Waals surface area contributed by atoms with Crippen LogP contribution in [0.25, 0.3) is 0 Å². The molecule has 0 radical (unpaired) electrons. The summed E-state index contributed by atoms with van der Waals surface area (Å²) in [4.78, 5) is 17.5. The Morgan fingerprint density at radius 1 is 1.50 bits per heavy atom. The van der Waals surface area contributed by atoms with Gasteiger partial charge in [-0.2, -0.15) is 13.2 Å². The molecule has 4 nitrogen and oxygen atoms in total. The van der Waals surface area contributed by atoms with Crippen molar-refractivity contribution in [3.8, 4) is 0 Å². The number of halogens is 3. The van der Waals surface area contributed by atoms with Gasteiger partial charge in [0.2, 0.25) is 0 Å². The molecule has 0 spiro atoms. The van der Waals surface area contributed by atoms with Crippen LogP contribution in [-0.4, -0.2) is 32.5 Å². The van der Waals surface area contributed by atoms with Crippen LogP contribution in [0.1, 0.15) is 6.42 Å². The molecular weight excluding hydrogens is 245 g/mol. The molecule has 16 heavy (non-hydrogen) atoms. The van der Waals surface area contributed by atoms with Crippen molar-refractivity contribution in [2.24, 2.45) is 0 Å². The molecule has 1 atom stereocenters. The number of alkyl halides is 3. The van der Waals surface area contributed by atoms with Gasteiger partial charge in [0.25, 0.3) is 0 Å². The largest absolute Gasteiger partial charge is 0.481 e. The fraction of sp³-hybridized carbons (Fsp3) is 0.375. The van der Waals surface area contributed by atoms with E-state index in [9.17, 15) is 18.0 Å². The highest BCUT2D eigenvalue weighted by atomic mass is 32.2. The van der Waals surface area contributed by atoms with E-state index >= 15 is 0 Å². The summed E-state index contributed by atoms with van der Waals surface area (Å²) in [6.45, 7) is 0. The van der Waals surface area contributed by atoms with E-state index in [0.717, 1.165) is 6.20 Å². The summed E-state index contributed by atoms with van der Waals surface area (Å²) in [5.41, 5.74) is 0. The SMILES string of the molecule is O=C(O)CC(Sc1cnccn1)C(F)(F)F. The summed E-state index contributed by atoms with van der Waals surface area (Å²) >= 11 is 0.345. The van der Waals surface area contributed by atoms with Crippen molar-refractivity contribution in [2.75, 3.05) is 0 Å². The maximum absolute atomic E-state index is 12.4. The lowest BCUT2D eigenvalue weighted by molar-refractivity contribution is -0.149. The van der Waals surface area contributed by atoms with Gasteiger partial charge in [-0.3, -0.25) is 9.78 Å². The minimum Gasteiger partial charge on any atom is -0.481 e. The van der Waals surface area contributed by atoms with Crippen molar-refractivity contribution in [2.45, 2.75) is 22.9 Å². The summed E-state index contributed by atoms with van der Waals surface area (Å²) < 4.78 is 37.3. The Morgan fingerprint density at radius 2 is 2.19 bits per heavy atom. The van der Waals surface area contributed by atoms with Crippen LogP contribution in [0, 0.1) is 0 Å². The Labute approximate surface area is 92.9 Å². The van der Waals surface area contributed by atoms with Gasteiger partial charge in [0.1, 0.15) is 10.3 Å². The van der Waals surface area contributed by atoms with Gasteiger partial charge in [0.15, 0.2) is 0 Å². The van der Waals surface area contributed by atoms with Crippen molar-refractivity contribution in [3.05, 3.63) is 18.6 Å². The quantitative estimate of drug-likeness (QED) is 0.830. The van der Waals surface area contributed by atoms with Gasteiger partial charge in [-0.1, -0.05) is 11.8 Å². The first-order valence-electron chi connectivity index (χ1n) is 4.11. The van der Waals surface area contributed by atoms with Crippen molar-refractivity contribution in [3.63, 3.8) is 0 Å². The number of thioether (sulfide) groups is 1. The second kappa shape index (κ2) is 5.15. The van der Waals surface area contributed by atoms with Gasteiger partial charge < -0.3 is 5.11 Å². The average molecular weight is 252 g/mol. The van der Waals surface area contributed by atoms with Gasteiger partial charge in [-0.05, 0) is 0 Å². The molecule has 0 saturated heterocycles. The van der Waals surface area contributed by atoms with Crippen LogP contribution in [-0.2, 0) is 4.79 Å². The Balaban J connectivity index is 2.75. The molecule has 1 N–H and O–H groups in total. The zero-order valence-corrected chi connectivity index (χ0v) is 8.63. The highest BCUT2D eigenvalue weighted by molar-refractivity contribution is 8.00.